The third-order valence-corrected chi connectivity index (χ3v) is 2.01. The zero-order valence-electron chi connectivity index (χ0n) is 9.55. The van der Waals surface area contributed by atoms with Crippen LogP contribution in [0.4, 0.5) is 0 Å². The van der Waals surface area contributed by atoms with Crippen molar-refractivity contribution in [1.82, 2.24) is 0 Å². The van der Waals surface area contributed by atoms with Gasteiger partial charge >= 0.3 is 5.97 Å². The number of carbonyl (C=O) groups is 1. The fourth-order valence-corrected chi connectivity index (χ4v) is 1.27. The van der Waals surface area contributed by atoms with Crippen LogP contribution in [0.1, 0.15) is 5.56 Å². The summed E-state index contributed by atoms with van der Waals surface area (Å²) in [7, 11) is 1.53. The standard InChI is InChI=1S/C13H14O4/c1-3-4-10-5-6-11(12(9-10)16-2)17-8-7-13(14)15/h3,5-9H,1,4H2,2H3,(H,14,15). The highest BCUT2D eigenvalue weighted by molar-refractivity contribution is 5.79. The summed E-state index contributed by atoms with van der Waals surface area (Å²) in [5.41, 5.74) is 1.05. The number of carboxylic acids is 1. The van der Waals surface area contributed by atoms with Gasteiger partial charge in [0.1, 0.15) is 0 Å². The Bertz CT molecular complexity index is 435. The van der Waals surface area contributed by atoms with Crippen LogP contribution in [-0.2, 0) is 11.2 Å². The van der Waals surface area contributed by atoms with E-state index in [2.05, 4.69) is 6.58 Å². The highest BCUT2D eigenvalue weighted by Crippen LogP contribution is 2.28. The van der Waals surface area contributed by atoms with Gasteiger partial charge in [0.15, 0.2) is 11.5 Å². The van der Waals surface area contributed by atoms with E-state index in [0.29, 0.717) is 11.5 Å². The normalized spacial score (nSPS) is 10.2. The Kier molecular flexibility index (Phi) is 4.81. The van der Waals surface area contributed by atoms with Crippen molar-refractivity contribution >= 4 is 5.97 Å². The molecule has 0 aromatic heterocycles. The molecule has 0 saturated heterocycles. The molecule has 4 nitrogen and oxygen atoms in total. The summed E-state index contributed by atoms with van der Waals surface area (Å²) in [5.74, 6) is -0.0376. The maximum absolute atomic E-state index is 10.3. The lowest BCUT2D eigenvalue weighted by Gasteiger charge is -2.08. The molecule has 0 amide bonds. The number of carboxylic acid groups (broad SMARTS) is 1. The van der Waals surface area contributed by atoms with E-state index < -0.39 is 5.97 Å². The van der Waals surface area contributed by atoms with Crippen LogP contribution >= 0.6 is 0 Å². The quantitative estimate of drug-likeness (QED) is 0.466. The Hall–Kier alpha value is -2.23. The molecule has 0 atom stereocenters. The summed E-state index contributed by atoms with van der Waals surface area (Å²) in [5, 5.41) is 8.42. The van der Waals surface area contributed by atoms with Crippen LogP contribution in [-0.4, -0.2) is 18.2 Å². The van der Waals surface area contributed by atoms with Crippen molar-refractivity contribution in [3.8, 4) is 11.5 Å². The second kappa shape index (κ2) is 6.37. The molecule has 1 N–H and O–H groups in total. The molecule has 0 aliphatic carbocycles. The van der Waals surface area contributed by atoms with Crippen LogP contribution in [0, 0.1) is 0 Å². The molecule has 0 aliphatic rings. The largest absolute Gasteiger partial charge is 0.493 e. The molecule has 0 heterocycles. The van der Waals surface area contributed by atoms with Gasteiger partial charge in [0.05, 0.1) is 19.4 Å². The number of allylic oxidation sites excluding steroid dienone is 1. The fraction of sp³-hybridized carbons (Fsp3) is 0.154. The highest BCUT2D eigenvalue weighted by Gasteiger charge is 2.04. The maximum Gasteiger partial charge on any atom is 0.331 e. The molecular weight excluding hydrogens is 220 g/mol. The van der Waals surface area contributed by atoms with Crippen LogP contribution in [0.25, 0.3) is 0 Å². The van der Waals surface area contributed by atoms with Crippen LogP contribution in [0.2, 0.25) is 0 Å². The summed E-state index contributed by atoms with van der Waals surface area (Å²) < 4.78 is 10.3. The van der Waals surface area contributed by atoms with Gasteiger partial charge in [0.2, 0.25) is 0 Å². The third-order valence-electron chi connectivity index (χ3n) is 2.01. The summed E-state index contributed by atoms with van der Waals surface area (Å²) in [4.78, 5) is 10.3. The number of methoxy groups -OCH3 is 1. The van der Waals surface area contributed by atoms with Crippen molar-refractivity contribution in [2.75, 3.05) is 7.11 Å². The molecule has 0 radical (unpaired) electrons. The molecule has 0 aliphatic heterocycles. The molecule has 0 unspecified atom stereocenters. The average Bonchev–Trinajstić information content (AvgIpc) is 2.30. The lowest BCUT2D eigenvalue weighted by Crippen LogP contribution is -1.93. The zero-order valence-corrected chi connectivity index (χ0v) is 9.55. The molecule has 1 rings (SSSR count). The van der Waals surface area contributed by atoms with Gasteiger partial charge in [-0.2, -0.15) is 0 Å². The second-order valence-electron chi connectivity index (χ2n) is 3.24. The van der Waals surface area contributed by atoms with E-state index in [0.717, 1.165) is 24.3 Å². The van der Waals surface area contributed by atoms with Crippen LogP contribution < -0.4 is 9.47 Å². The van der Waals surface area contributed by atoms with Crippen molar-refractivity contribution in [1.29, 1.82) is 0 Å². The SMILES string of the molecule is C=CCc1ccc(OC=CC(=O)O)c(OC)c1. The first-order chi connectivity index (χ1) is 8.17. The number of ether oxygens (including phenoxy) is 2. The smallest absolute Gasteiger partial charge is 0.331 e. The number of benzene rings is 1. The molecule has 0 saturated carbocycles. The molecule has 1 aromatic carbocycles. The first-order valence-electron chi connectivity index (χ1n) is 5.01. The molecule has 1 aromatic rings. The Morgan fingerprint density at radius 1 is 1.47 bits per heavy atom. The van der Waals surface area contributed by atoms with Gasteiger partial charge in [-0.15, -0.1) is 6.58 Å². The van der Waals surface area contributed by atoms with Gasteiger partial charge in [-0.25, -0.2) is 4.79 Å². The summed E-state index contributed by atoms with van der Waals surface area (Å²) in [6.45, 7) is 3.65. The molecule has 0 bridgehead atoms. The Morgan fingerprint density at radius 3 is 2.82 bits per heavy atom. The highest BCUT2D eigenvalue weighted by atomic mass is 16.5. The van der Waals surface area contributed by atoms with Gasteiger partial charge < -0.3 is 14.6 Å². The predicted molar refractivity (Wildman–Crippen MR) is 64.3 cm³/mol. The van der Waals surface area contributed by atoms with Crippen LogP contribution in [0.5, 0.6) is 11.5 Å². The summed E-state index contributed by atoms with van der Waals surface area (Å²) in [6, 6.07) is 5.42. The van der Waals surface area contributed by atoms with Gasteiger partial charge in [-0.05, 0) is 24.1 Å². The number of hydrogen-bond acceptors (Lipinski definition) is 3. The Labute approximate surface area is 99.8 Å². The minimum atomic E-state index is -1.06. The van der Waals surface area contributed by atoms with Crippen LogP contribution in [0.15, 0.2) is 43.2 Å². The average molecular weight is 234 g/mol. The number of rotatable bonds is 6. The van der Waals surface area contributed by atoms with Crippen molar-refractivity contribution in [3.05, 3.63) is 48.8 Å². The molecular formula is C13H14O4. The molecule has 0 fully saturated rings. The topological polar surface area (TPSA) is 55.8 Å². The van der Waals surface area contributed by atoms with Crippen molar-refractivity contribution < 1.29 is 19.4 Å². The molecule has 0 spiro atoms. The first kappa shape index (κ1) is 12.8. The van der Waals surface area contributed by atoms with E-state index in [9.17, 15) is 4.79 Å². The molecule has 17 heavy (non-hydrogen) atoms. The Balaban J connectivity index is 2.84. The van der Waals surface area contributed by atoms with E-state index in [1.54, 1.807) is 12.1 Å². The van der Waals surface area contributed by atoms with Gasteiger partial charge in [0.25, 0.3) is 0 Å². The van der Waals surface area contributed by atoms with Gasteiger partial charge in [-0.3, -0.25) is 0 Å². The number of hydrogen-bond donors (Lipinski definition) is 1. The minimum Gasteiger partial charge on any atom is -0.493 e. The molecule has 90 valence electrons. The summed E-state index contributed by atoms with van der Waals surface area (Å²) >= 11 is 0. The third kappa shape index (κ3) is 4.03. The number of aliphatic carboxylic acids is 1. The van der Waals surface area contributed by atoms with Gasteiger partial charge in [0, 0.05) is 0 Å². The zero-order chi connectivity index (χ0) is 12.7. The van der Waals surface area contributed by atoms with E-state index >= 15 is 0 Å². The van der Waals surface area contributed by atoms with E-state index in [4.69, 9.17) is 14.6 Å². The van der Waals surface area contributed by atoms with Crippen molar-refractivity contribution in [2.45, 2.75) is 6.42 Å². The van der Waals surface area contributed by atoms with Crippen LogP contribution in [0.3, 0.4) is 0 Å². The molecule has 4 heteroatoms. The monoisotopic (exact) mass is 234 g/mol. The van der Waals surface area contributed by atoms with Crippen molar-refractivity contribution in [2.24, 2.45) is 0 Å². The predicted octanol–water partition coefficient (Wildman–Crippen LogP) is 2.40. The lowest BCUT2D eigenvalue weighted by atomic mass is 10.1. The fourth-order valence-electron chi connectivity index (χ4n) is 1.27. The Morgan fingerprint density at radius 2 is 2.24 bits per heavy atom. The van der Waals surface area contributed by atoms with E-state index in [1.807, 2.05) is 12.1 Å². The summed E-state index contributed by atoms with van der Waals surface area (Å²) in [6.07, 6.45) is 4.55. The second-order valence-corrected chi connectivity index (χ2v) is 3.24. The van der Waals surface area contributed by atoms with Crippen molar-refractivity contribution in [3.63, 3.8) is 0 Å². The van der Waals surface area contributed by atoms with E-state index in [-0.39, 0.29) is 0 Å². The van der Waals surface area contributed by atoms with Gasteiger partial charge in [-0.1, -0.05) is 12.1 Å². The first-order valence-corrected chi connectivity index (χ1v) is 5.01. The lowest BCUT2D eigenvalue weighted by molar-refractivity contribution is -0.131. The van der Waals surface area contributed by atoms with E-state index in [1.165, 1.54) is 7.11 Å². The minimum absolute atomic E-state index is 0.470. The maximum atomic E-state index is 10.3.